The van der Waals surface area contributed by atoms with E-state index in [0.717, 1.165) is 17.7 Å². The van der Waals surface area contributed by atoms with Crippen molar-refractivity contribution in [2.75, 3.05) is 13.2 Å². The number of hydrogen-bond donors (Lipinski definition) is 1. The summed E-state index contributed by atoms with van der Waals surface area (Å²) < 4.78 is 50.4. The monoisotopic (exact) mass is 458 g/mol. The van der Waals surface area contributed by atoms with Crippen molar-refractivity contribution in [2.45, 2.75) is 38.0 Å². The summed E-state index contributed by atoms with van der Waals surface area (Å²) in [5.41, 5.74) is 1.77. The molecule has 3 aromatic rings. The van der Waals surface area contributed by atoms with Gasteiger partial charge in [0.05, 0.1) is 17.2 Å². The highest BCUT2D eigenvalue weighted by Gasteiger charge is 2.47. The fourth-order valence-electron chi connectivity index (χ4n) is 4.63. The average Bonchev–Trinajstić information content (AvgIpc) is 3.34. The molecule has 33 heavy (non-hydrogen) atoms. The molecule has 9 heteroatoms. The third-order valence-corrected chi connectivity index (χ3v) is 6.25. The van der Waals surface area contributed by atoms with Gasteiger partial charge in [-0.05, 0) is 49.6 Å². The molecule has 0 bridgehead atoms. The van der Waals surface area contributed by atoms with Crippen molar-refractivity contribution in [1.82, 2.24) is 10.1 Å². The van der Waals surface area contributed by atoms with Crippen molar-refractivity contribution < 1.29 is 32.3 Å². The Balaban J connectivity index is 1.66. The molecular weight excluding hydrogens is 437 g/mol. The summed E-state index contributed by atoms with van der Waals surface area (Å²) in [6, 6.07) is 8.94. The van der Waals surface area contributed by atoms with Gasteiger partial charge >= 0.3 is 6.18 Å². The minimum atomic E-state index is -4.47. The Labute approximate surface area is 187 Å². The van der Waals surface area contributed by atoms with Crippen molar-refractivity contribution >= 4 is 5.91 Å². The topological polar surface area (TPSA) is 75.8 Å². The zero-order chi connectivity index (χ0) is 23.3. The number of carbonyl (C=O) groups is 1. The van der Waals surface area contributed by atoms with Crippen molar-refractivity contribution in [3.8, 4) is 17.0 Å². The molecule has 2 aliphatic heterocycles. The maximum absolute atomic E-state index is 13.4. The molecular formula is C24H21F3N2O4. The SMILES string of the molecule is Cc1ccc(O)c(-c2noc3c2[C@@H](c2ccc(C(F)(F)F)cc2)N(C2CCOCC2)C3=O)c1. The summed E-state index contributed by atoms with van der Waals surface area (Å²) in [4.78, 5) is 15.1. The number of aromatic hydroxyl groups is 1. The minimum absolute atomic E-state index is 0.0279. The molecule has 1 aromatic heterocycles. The number of rotatable bonds is 3. The van der Waals surface area contributed by atoms with E-state index in [2.05, 4.69) is 5.16 Å². The predicted octanol–water partition coefficient (Wildman–Crippen LogP) is 5.10. The van der Waals surface area contributed by atoms with E-state index in [1.54, 1.807) is 17.0 Å². The van der Waals surface area contributed by atoms with Crippen molar-refractivity contribution in [1.29, 1.82) is 0 Å². The van der Waals surface area contributed by atoms with Gasteiger partial charge in [0.15, 0.2) is 0 Å². The van der Waals surface area contributed by atoms with E-state index >= 15 is 0 Å². The molecule has 2 aromatic carbocycles. The summed E-state index contributed by atoms with van der Waals surface area (Å²) in [5.74, 6) is -0.352. The molecule has 0 radical (unpaired) electrons. The first-order valence-electron chi connectivity index (χ1n) is 10.6. The lowest BCUT2D eigenvalue weighted by atomic mass is 9.93. The third-order valence-electron chi connectivity index (χ3n) is 6.25. The highest BCUT2D eigenvalue weighted by Crippen LogP contribution is 2.47. The van der Waals surface area contributed by atoms with Gasteiger partial charge in [0, 0.05) is 24.8 Å². The van der Waals surface area contributed by atoms with Crippen LogP contribution in [0.25, 0.3) is 11.3 Å². The van der Waals surface area contributed by atoms with Crippen LogP contribution in [0.15, 0.2) is 47.0 Å². The second-order valence-electron chi connectivity index (χ2n) is 8.37. The highest BCUT2D eigenvalue weighted by molar-refractivity contribution is 5.99. The van der Waals surface area contributed by atoms with Crippen molar-refractivity contribution in [3.63, 3.8) is 0 Å². The second-order valence-corrected chi connectivity index (χ2v) is 8.37. The largest absolute Gasteiger partial charge is 0.507 e. The lowest BCUT2D eigenvalue weighted by Crippen LogP contribution is -2.42. The standard InChI is InChI=1S/C24H21F3N2O4/c1-13-2-7-18(30)17(12-13)20-19-21(14-3-5-15(6-4-14)24(25,26)27)29(16-8-10-32-11-9-16)23(31)22(19)33-28-20/h2-7,12,16,21,30H,8-11H2,1H3/t21-/m1/s1. The molecule has 6 nitrogen and oxygen atoms in total. The van der Waals surface area contributed by atoms with Crippen LogP contribution in [0.1, 0.15) is 51.7 Å². The Morgan fingerprint density at radius 1 is 1.09 bits per heavy atom. The average molecular weight is 458 g/mol. The van der Waals surface area contributed by atoms with Crippen molar-refractivity contribution in [3.05, 3.63) is 70.5 Å². The zero-order valence-electron chi connectivity index (χ0n) is 17.7. The fourth-order valence-corrected chi connectivity index (χ4v) is 4.63. The first kappa shape index (κ1) is 21.5. The van der Waals surface area contributed by atoms with Crippen LogP contribution in [0.4, 0.5) is 13.2 Å². The summed E-state index contributed by atoms with van der Waals surface area (Å²) >= 11 is 0. The van der Waals surface area contributed by atoms with Crippen LogP contribution in [0.3, 0.4) is 0 Å². The number of phenolic OH excluding ortho intramolecular Hbond substituents is 1. The predicted molar refractivity (Wildman–Crippen MR) is 112 cm³/mol. The van der Waals surface area contributed by atoms with E-state index in [4.69, 9.17) is 9.26 Å². The van der Waals surface area contributed by atoms with Crippen LogP contribution in [0.5, 0.6) is 5.75 Å². The van der Waals surface area contributed by atoms with Crippen LogP contribution in [0, 0.1) is 6.92 Å². The molecule has 0 aliphatic carbocycles. The van der Waals surface area contributed by atoms with Gasteiger partial charge in [-0.3, -0.25) is 4.79 Å². The number of aromatic nitrogens is 1. The van der Waals surface area contributed by atoms with E-state index in [0.29, 0.717) is 48.4 Å². The number of nitrogens with zero attached hydrogens (tertiary/aromatic N) is 2. The first-order valence-corrected chi connectivity index (χ1v) is 10.6. The van der Waals surface area contributed by atoms with E-state index in [-0.39, 0.29) is 23.5 Å². The number of benzene rings is 2. The fraction of sp³-hybridized carbons (Fsp3) is 0.333. The number of phenols is 1. The van der Waals surface area contributed by atoms with E-state index < -0.39 is 17.8 Å². The number of alkyl halides is 3. The van der Waals surface area contributed by atoms with Gasteiger partial charge in [-0.25, -0.2) is 0 Å². The number of fused-ring (bicyclic) bond motifs is 1. The Morgan fingerprint density at radius 2 is 1.79 bits per heavy atom. The van der Waals surface area contributed by atoms with Crippen LogP contribution >= 0.6 is 0 Å². The Hall–Kier alpha value is -3.33. The van der Waals surface area contributed by atoms with Gasteiger partial charge in [0.2, 0.25) is 5.76 Å². The minimum Gasteiger partial charge on any atom is -0.507 e. The molecule has 0 unspecified atom stereocenters. The van der Waals surface area contributed by atoms with E-state index in [1.807, 2.05) is 6.92 Å². The second kappa shape index (κ2) is 7.91. The van der Waals surface area contributed by atoms with Crippen LogP contribution < -0.4 is 0 Å². The van der Waals surface area contributed by atoms with E-state index in [9.17, 15) is 23.1 Å². The summed E-state index contributed by atoms with van der Waals surface area (Å²) in [7, 11) is 0. The molecule has 0 spiro atoms. The molecule has 0 saturated carbocycles. The smallest absolute Gasteiger partial charge is 0.416 e. The summed E-state index contributed by atoms with van der Waals surface area (Å²) in [6.45, 7) is 2.83. The number of amides is 1. The van der Waals surface area contributed by atoms with Gasteiger partial charge < -0.3 is 19.3 Å². The van der Waals surface area contributed by atoms with Crippen LogP contribution in [0.2, 0.25) is 0 Å². The number of ether oxygens (including phenoxy) is 1. The van der Waals surface area contributed by atoms with Gasteiger partial charge in [-0.15, -0.1) is 0 Å². The third kappa shape index (κ3) is 3.66. The van der Waals surface area contributed by atoms with Crippen LogP contribution in [-0.2, 0) is 10.9 Å². The Morgan fingerprint density at radius 3 is 2.45 bits per heavy atom. The molecule has 1 amide bonds. The molecule has 3 heterocycles. The first-order chi connectivity index (χ1) is 15.8. The summed E-state index contributed by atoms with van der Waals surface area (Å²) in [5, 5.41) is 14.6. The molecule has 1 fully saturated rings. The van der Waals surface area contributed by atoms with Crippen LogP contribution in [-0.4, -0.2) is 40.3 Å². The van der Waals surface area contributed by atoms with Gasteiger partial charge in [0.1, 0.15) is 11.4 Å². The van der Waals surface area contributed by atoms with Crippen molar-refractivity contribution in [2.24, 2.45) is 0 Å². The number of carbonyl (C=O) groups excluding carboxylic acids is 1. The molecule has 1 N–H and O–H groups in total. The number of hydrogen-bond acceptors (Lipinski definition) is 5. The summed E-state index contributed by atoms with van der Waals surface area (Å²) in [6.07, 6.45) is -3.26. The quantitative estimate of drug-likeness (QED) is 0.591. The van der Waals surface area contributed by atoms with Gasteiger partial charge in [-0.1, -0.05) is 28.9 Å². The molecule has 1 atom stereocenters. The van der Waals surface area contributed by atoms with E-state index in [1.165, 1.54) is 18.2 Å². The number of halogens is 3. The highest BCUT2D eigenvalue weighted by atomic mass is 19.4. The normalized spacial score (nSPS) is 19.2. The molecule has 2 aliphatic rings. The lowest BCUT2D eigenvalue weighted by molar-refractivity contribution is -0.137. The molecule has 5 rings (SSSR count). The Kier molecular flexibility index (Phi) is 5.16. The number of aryl methyl sites for hydroxylation is 1. The zero-order valence-corrected chi connectivity index (χ0v) is 17.7. The molecule has 172 valence electrons. The van der Waals surface area contributed by atoms with Gasteiger partial charge in [0.25, 0.3) is 5.91 Å². The maximum atomic E-state index is 13.4. The Bertz CT molecular complexity index is 1200. The lowest BCUT2D eigenvalue weighted by Gasteiger charge is -2.36. The van der Waals surface area contributed by atoms with Gasteiger partial charge in [-0.2, -0.15) is 13.2 Å². The molecule has 1 saturated heterocycles. The maximum Gasteiger partial charge on any atom is 0.416 e.